The lowest BCUT2D eigenvalue weighted by atomic mass is 9.84. The van der Waals surface area contributed by atoms with Crippen molar-refractivity contribution in [1.29, 1.82) is 0 Å². The van der Waals surface area contributed by atoms with E-state index in [2.05, 4.69) is 32.7 Å². The monoisotopic (exact) mass is 477 g/mol. The van der Waals surface area contributed by atoms with Crippen molar-refractivity contribution in [3.05, 3.63) is 48.0 Å². The van der Waals surface area contributed by atoms with Crippen molar-refractivity contribution in [2.24, 2.45) is 5.92 Å². The minimum atomic E-state index is -0.238. The van der Waals surface area contributed by atoms with Gasteiger partial charge in [0.05, 0.1) is 11.9 Å². The molecule has 35 heavy (non-hydrogen) atoms. The molecule has 3 N–H and O–H groups in total. The Morgan fingerprint density at radius 2 is 1.80 bits per heavy atom. The molecule has 1 aliphatic rings. The Balaban J connectivity index is 1.44. The lowest BCUT2D eigenvalue weighted by Gasteiger charge is -2.27. The molecule has 1 atom stereocenters. The van der Waals surface area contributed by atoms with Crippen molar-refractivity contribution in [1.82, 2.24) is 25.8 Å². The summed E-state index contributed by atoms with van der Waals surface area (Å²) in [6.45, 7) is 6.17. The third-order valence-electron chi connectivity index (χ3n) is 6.99. The number of aromatic nitrogens is 3. The van der Waals surface area contributed by atoms with Crippen molar-refractivity contribution in [3.8, 4) is 22.7 Å². The van der Waals surface area contributed by atoms with Gasteiger partial charge in [0.15, 0.2) is 0 Å². The highest BCUT2D eigenvalue weighted by Crippen LogP contribution is 2.28. The summed E-state index contributed by atoms with van der Waals surface area (Å²) in [5, 5.41) is 13.2. The van der Waals surface area contributed by atoms with Gasteiger partial charge in [-0.05, 0) is 56.7 Å². The van der Waals surface area contributed by atoms with E-state index in [1.165, 1.54) is 25.5 Å². The average molecular weight is 478 g/mol. The molecule has 0 saturated heterocycles. The number of hydrogen-bond acceptors (Lipinski definition) is 5. The third kappa shape index (κ3) is 5.99. The number of H-pyrrole nitrogens is 1. The van der Waals surface area contributed by atoms with Crippen LogP contribution in [0, 0.1) is 5.92 Å². The van der Waals surface area contributed by atoms with E-state index in [0.29, 0.717) is 23.2 Å². The standard InChI is InChI=1S/C27H35N5O3/c1-4-21(5-2)30-25(33)23-15-22(31-32-23)19-12-9-13-20(14-19)27-28-16-24(35-27)26(34)29-17(3)18-10-7-6-8-11-18/h9,12-18,21H,4-8,10-11H2,1-3H3,(H,29,34)(H,30,33)(H,31,32)/t17-/m1/s1. The highest BCUT2D eigenvalue weighted by molar-refractivity contribution is 5.93. The maximum Gasteiger partial charge on any atom is 0.288 e. The van der Waals surface area contributed by atoms with Gasteiger partial charge in [-0.25, -0.2) is 4.98 Å². The third-order valence-corrected chi connectivity index (χ3v) is 6.99. The SMILES string of the molecule is CCC(CC)NC(=O)c1cc(-c2cccc(-c3ncc(C(=O)N[C@H](C)C4CCCCC4)o3)c2)n[nH]1. The van der Waals surface area contributed by atoms with E-state index in [0.717, 1.165) is 36.8 Å². The topological polar surface area (TPSA) is 113 Å². The molecule has 1 fully saturated rings. The van der Waals surface area contributed by atoms with Crippen LogP contribution in [0.1, 0.15) is 86.8 Å². The Morgan fingerprint density at radius 3 is 2.54 bits per heavy atom. The maximum absolute atomic E-state index is 12.7. The van der Waals surface area contributed by atoms with Crippen molar-refractivity contribution < 1.29 is 14.0 Å². The number of carbonyl (C=O) groups is 2. The van der Waals surface area contributed by atoms with E-state index in [9.17, 15) is 9.59 Å². The molecule has 186 valence electrons. The fourth-order valence-corrected chi connectivity index (χ4v) is 4.70. The largest absolute Gasteiger partial charge is 0.431 e. The smallest absolute Gasteiger partial charge is 0.288 e. The summed E-state index contributed by atoms with van der Waals surface area (Å²) in [4.78, 5) is 29.6. The second-order valence-electron chi connectivity index (χ2n) is 9.42. The van der Waals surface area contributed by atoms with Gasteiger partial charge in [0.1, 0.15) is 5.69 Å². The van der Waals surface area contributed by atoms with Gasteiger partial charge in [-0.15, -0.1) is 0 Å². The van der Waals surface area contributed by atoms with Crippen molar-refractivity contribution in [2.75, 3.05) is 0 Å². The molecule has 1 saturated carbocycles. The van der Waals surface area contributed by atoms with E-state index >= 15 is 0 Å². The zero-order valence-corrected chi connectivity index (χ0v) is 20.8. The normalized spacial score (nSPS) is 15.2. The van der Waals surface area contributed by atoms with Crippen LogP contribution in [-0.4, -0.2) is 39.1 Å². The molecule has 8 nitrogen and oxygen atoms in total. The quantitative estimate of drug-likeness (QED) is 0.385. The van der Waals surface area contributed by atoms with Crippen LogP contribution in [0.2, 0.25) is 0 Å². The number of rotatable bonds is 9. The Bertz CT molecular complexity index is 1140. The Kier molecular flexibility index (Phi) is 8.00. The maximum atomic E-state index is 12.7. The molecule has 8 heteroatoms. The zero-order valence-electron chi connectivity index (χ0n) is 20.8. The van der Waals surface area contributed by atoms with Crippen LogP contribution in [0.5, 0.6) is 0 Å². The summed E-state index contributed by atoms with van der Waals surface area (Å²) in [6, 6.07) is 9.52. The van der Waals surface area contributed by atoms with Crippen LogP contribution in [0.15, 0.2) is 40.9 Å². The van der Waals surface area contributed by atoms with Gasteiger partial charge in [0, 0.05) is 23.2 Å². The van der Waals surface area contributed by atoms with E-state index < -0.39 is 0 Å². The molecule has 2 amide bonds. The second kappa shape index (κ2) is 11.3. The fourth-order valence-electron chi connectivity index (χ4n) is 4.70. The number of hydrogen-bond donors (Lipinski definition) is 3. The molecular weight excluding hydrogens is 442 g/mol. The highest BCUT2D eigenvalue weighted by Gasteiger charge is 2.23. The summed E-state index contributed by atoms with van der Waals surface area (Å²) in [5.41, 5.74) is 2.61. The van der Waals surface area contributed by atoms with Crippen LogP contribution in [0.25, 0.3) is 22.7 Å². The predicted octanol–water partition coefficient (Wildman–Crippen LogP) is 5.35. The Morgan fingerprint density at radius 1 is 1.06 bits per heavy atom. The van der Waals surface area contributed by atoms with Crippen molar-refractivity contribution in [2.45, 2.75) is 77.8 Å². The van der Waals surface area contributed by atoms with Gasteiger partial charge in [0.2, 0.25) is 11.7 Å². The van der Waals surface area contributed by atoms with Crippen molar-refractivity contribution >= 4 is 11.8 Å². The molecule has 0 bridgehead atoms. The first kappa shape index (κ1) is 24.7. The van der Waals surface area contributed by atoms with Gasteiger partial charge in [0.25, 0.3) is 11.8 Å². The average Bonchev–Trinajstić information content (AvgIpc) is 3.58. The van der Waals surface area contributed by atoms with E-state index in [4.69, 9.17) is 4.42 Å². The van der Waals surface area contributed by atoms with Crippen LogP contribution in [-0.2, 0) is 0 Å². The van der Waals surface area contributed by atoms with Crippen LogP contribution < -0.4 is 10.6 Å². The zero-order chi connectivity index (χ0) is 24.8. The molecule has 1 aromatic carbocycles. The minimum Gasteiger partial charge on any atom is -0.431 e. The number of benzene rings is 1. The molecule has 4 rings (SSSR count). The number of nitrogens with one attached hydrogen (secondary N) is 3. The summed E-state index contributed by atoms with van der Waals surface area (Å²) >= 11 is 0. The highest BCUT2D eigenvalue weighted by atomic mass is 16.4. The lowest BCUT2D eigenvalue weighted by Crippen LogP contribution is -2.38. The first-order chi connectivity index (χ1) is 17.0. The molecule has 2 aromatic heterocycles. The molecular formula is C27H35N5O3. The lowest BCUT2D eigenvalue weighted by molar-refractivity contribution is 0.0890. The van der Waals surface area contributed by atoms with Crippen LogP contribution in [0.4, 0.5) is 0 Å². The molecule has 0 unspecified atom stereocenters. The summed E-state index contributed by atoms with van der Waals surface area (Å²) in [5.74, 6) is 0.679. The van der Waals surface area contributed by atoms with E-state index in [1.807, 2.05) is 38.1 Å². The van der Waals surface area contributed by atoms with Gasteiger partial charge < -0.3 is 15.1 Å². The summed E-state index contributed by atoms with van der Waals surface area (Å²) in [6.07, 6.45) is 9.28. The number of amides is 2. The fraction of sp³-hybridized carbons (Fsp3) is 0.481. The molecule has 0 spiro atoms. The van der Waals surface area contributed by atoms with Crippen molar-refractivity contribution in [3.63, 3.8) is 0 Å². The van der Waals surface area contributed by atoms with Crippen LogP contribution in [0.3, 0.4) is 0 Å². The number of aromatic amines is 1. The Hall–Kier alpha value is -3.42. The number of oxazole rings is 1. The number of nitrogens with zero attached hydrogens (tertiary/aromatic N) is 2. The molecule has 2 heterocycles. The van der Waals surface area contributed by atoms with Gasteiger partial charge in [-0.3, -0.25) is 14.7 Å². The first-order valence-corrected chi connectivity index (χ1v) is 12.7. The Labute approximate surface area is 206 Å². The second-order valence-corrected chi connectivity index (χ2v) is 9.42. The van der Waals surface area contributed by atoms with Gasteiger partial charge in [-0.1, -0.05) is 45.2 Å². The summed E-state index contributed by atoms with van der Waals surface area (Å²) in [7, 11) is 0. The van der Waals surface area contributed by atoms with E-state index in [-0.39, 0.29) is 29.7 Å². The molecule has 0 radical (unpaired) electrons. The summed E-state index contributed by atoms with van der Waals surface area (Å²) < 4.78 is 5.81. The minimum absolute atomic E-state index is 0.107. The van der Waals surface area contributed by atoms with E-state index in [1.54, 1.807) is 6.07 Å². The molecule has 3 aromatic rings. The van der Waals surface area contributed by atoms with Gasteiger partial charge >= 0.3 is 0 Å². The molecule has 1 aliphatic carbocycles. The molecule has 0 aliphatic heterocycles. The van der Waals surface area contributed by atoms with Gasteiger partial charge in [-0.2, -0.15) is 5.10 Å². The first-order valence-electron chi connectivity index (χ1n) is 12.7. The predicted molar refractivity (Wildman–Crippen MR) is 135 cm³/mol. The van der Waals surface area contributed by atoms with Crippen LogP contribution >= 0.6 is 0 Å². The number of carbonyl (C=O) groups excluding carboxylic acids is 2.